The number of aryl methyl sites for hydroxylation is 1. The van der Waals surface area contributed by atoms with Crippen molar-refractivity contribution in [3.05, 3.63) is 42.2 Å². The fourth-order valence-electron chi connectivity index (χ4n) is 3.55. The van der Waals surface area contributed by atoms with Crippen LogP contribution in [0.2, 0.25) is 0 Å². The van der Waals surface area contributed by atoms with Crippen LogP contribution in [0.3, 0.4) is 0 Å². The van der Waals surface area contributed by atoms with E-state index in [1.807, 2.05) is 24.0 Å². The second-order valence-electron chi connectivity index (χ2n) is 6.25. The van der Waals surface area contributed by atoms with E-state index in [1.54, 1.807) is 12.3 Å². The lowest BCUT2D eigenvalue weighted by molar-refractivity contribution is -0.0738. The van der Waals surface area contributed by atoms with Gasteiger partial charge in [-0.25, -0.2) is 0 Å². The Kier molecular flexibility index (Phi) is 5.08. The van der Waals surface area contributed by atoms with Crippen molar-refractivity contribution in [2.45, 2.75) is 31.9 Å². The molecule has 1 saturated heterocycles. The van der Waals surface area contributed by atoms with Crippen LogP contribution in [-0.4, -0.2) is 54.3 Å². The van der Waals surface area contributed by atoms with Crippen LogP contribution in [0.5, 0.6) is 0 Å². The third kappa shape index (κ3) is 3.46. The topological polar surface area (TPSA) is 51.7 Å². The van der Waals surface area contributed by atoms with Crippen LogP contribution >= 0.6 is 0 Å². The molecule has 1 saturated carbocycles. The maximum Gasteiger partial charge on any atom is 0.255 e. The zero-order valence-electron chi connectivity index (χ0n) is 13.6. The average Bonchev–Trinajstić information content (AvgIpc) is 2.98. The van der Waals surface area contributed by atoms with Gasteiger partial charge in [0.25, 0.3) is 5.91 Å². The maximum atomic E-state index is 12.8. The summed E-state index contributed by atoms with van der Waals surface area (Å²) in [6.07, 6.45) is 5.51. The van der Waals surface area contributed by atoms with Crippen LogP contribution in [-0.2, 0) is 9.47 Å². The van der Waals surface area contributed by atoms with Gasteiger partial charge in [-0.3, -0.25) is 9.78 Å². The minimum Gasteiger partial charge on any atom is -0.377 e. The van der Waals surface area contributed by atoms with Crippen molar-refractivity contribution in [3.8, 4) is 0 Å². The van der Waals surface area contributed by atoms with Crippen molar-refractivity contribution in [2.75, 3.05) is 26.4 Å². The number of hydrogen-bond donors (Lipinski definition) is 0. The number of nitrogens with zero attached hydrogens (tertiary/aromatic N) is 2. The van der Waals surface area contributed by atoms with E-state index in [0.29, 0.717) is 37.8 Å². The van der Waals surface area contributed by atoms with Gasteiger partial charge in [0.15, 0.2) is 0 Å². The zero-order chi connectivity index (χ0) is 16.2. The average molecular weight is 316 g/mol. The first-order valence-electron chi connectivity index (χ1n) is 8.24. The van der Waals surface area contributed by atoms with E-state index in [4.69, 9.17) is 9.47 Å². The molecule has 0 radical (unpaired) electrons. The van der Waals surface area contributed by atoms with Crippen molar-refractivity contribution < 1.29 is 14.3 Å². The van der Waals surface area contributed by atoms with Crippen molar-refractivity contribution in [2.24, 2.45) is 5.92 Å². The fraction of sp³-hybridized carbons (Fsp3) is 0.556. The van der Waals surface area contributed by atoms with Crippen LogP contribution in [0, 0.1) is 12.8 Å². The van der Waals surface area contributed by atoms with Gasteiger partial charge in [0.2, 0.25) is 0 Å². The molecule has 3 rings (SSSR count). The Labute approximate surface area is 137 Å². The summed E-state index contributed by atoms with van der Waals surface area (Å²) >= 11 is 0. The molecular weight excluding hydrogens is 292 g/mol. The van der Waals surface area contributed by atoms with Gasteiger partial charge in [0, 0.05) is 24.4 Å². The molecular formula is C18H24N2O3. The van der Waals surface area contributed by atoms with Crippen LogP contribution < -0.4 is 0 Å². The molecule has 0 aromatic carbocycles. The van der Waals surface area contributed by atoms with E-state index in [-0.39, 0.29) is 18.1 Å². The van der Waals surface area contributed by atoms with Gasteiger partial charge in [-0.1, -0.05) is 6.08 Å². The van der Waals surface area contributed by atoms with Gasteiger partial charge in [-0.15, -0.1) is 6.58 Å². The summed E-state index contributed by atoms with van der Waals surface area (Å²) in [5.74, 6) is 0.412. The molecule has 0 unspecified atom stereocenters. The highest BCUT2D eigenvalue weighted by Crippen LogP contribution is 2.35. The Morgan fingerprint density at radius 2 is 2.39 bits per heavy atom. The molecule has 0 N–H and O–H groups in total. The monoisotopic (exact) mass is 316 g/mol. The molecule has 0 spiro atoms. The van der Waals surface area contributed by atoms with Gasteiger partial charge < -0.3 is 14.4 Å². The van der Waals surface area contributed by atoms with Crippen molar-refractivity contribution in [3.63, 3.8) is 0 Å². The summed E-state index contributed by atoms with van der Waals surface area (Å²) < 4.78 is 11.6. The molecule has 5 nitrogen and oxygen atoms in total. The first-order valence-corrected chi connectivity index (χ1v) is 8.24. The summed E-state index contributed by atoms with van der Waals surface area (Å²) in [6, 6.07) is 3.88. The molecule has 23 heavy (non-hydrogen) atoms. The molecule has 1 aromatic heterocycles. The molecule has 1 aliphatic heterocycles. The largest absolute Gasteiger partial charge is 0.377 e. The van der Waals surface area contributed by atoms with E-state index in [0.717, 1.165) is 18.5 Å². The van der Waals surface area contributed by atoms with E-state index in [1.165, 1.54) is 0 Å². The minimum absolute atomic E-state index is 0.0588. The highest BCUT2D eigenvalue weighted by molar-refractivity contribution is 5.94. The zero-order valence-corrected chi connectivity index (χ0v) is 13.6. The predicted octanol–water partition coefficient (Wildman–Crippen LogP) is 2.21. The molecule has 2 heterocycles. The number of pyridine rings is 1. The minimum atomic E-state index is 0.0588. The Morgan fingerprint density at radius 3 is 3.13 bits per heavy atom. The lowest BCUT2D eigenvalue weighted by Crippen LogP contribution is -2.53. The van der Waals surface area contributed by atoms with Crippen molar-refractivity contribution in [1.29, 1.82) is 0 Å². The van der Waals surface area contributed by atoms with E-state index in [2.05, 4.69) is 11.6 Å². The van der Waals surface area contributed by atoms with Gasteiger partial charge in [0.1, 0.15) is 0 Å². The first-order chi connectivity index (χ1) is 11.2. The van der Waals surface area contributed by atoms with Gasteiger partial charge in [-0.2, -0.15) is 0 Å². The number of hydrogen-bond acceptors (Lipinski definition) is 4. The third-order valence-corrected chi connectivity index (χ3v) is 4.71. The fourth-order valence-corrected chi connectivity index (χ4v) is 3.55. The number of fused-ring (bicyclic) bond motifs is 1. The molecule has 3 atom stereocenters. The lowest BCUT2D eigenvalue weighted by atomic mass is 10.0. The van der Waals surface area contributed by atoms with Crippen LogP contribution in [0.15, 0.2) is 31.0 Å². The number of carbonyl (C=O) groups is 1. The predicted molar refractivity (Wildman–Crippen MR) is 87.3 cm³/mol. The number of morpholine rings is 1. The lowest BCUT2D eigenvalue weighted by Gasteiger charge is -2.39. The number of carbonyl (C=O) groups excluding carboxylic acids is 1. The van der Waals surface area contributed by atoms with Crippen LogP contribution in [0.25, 0.3) is 0 Å². The first kappa shape index (κ1) is 16.1. The van der Waals surface area contributed by atoms with Crippen molar-refractivity contribution >= 4 is 5.91 Å². The smallest absolute Gasteiger partial charge is 0.255 e. The van der Waals surface area contributed by atoms with E-state index < -0.39 is 0 Å². The second kappa shape index (κ2) is 7.23. The molecule has 124 valence electrons. The van der Waals surface area contributed by atoms with Gasteiger partial charge in [0.05, 0.1) is 37.5 Å². The van der Waals surface area contributed by atoms with E-state index in [9.17, 15) is 4.79 Å². The SMILES string of the molecule is C=CCOC[C@@H]1CC[C@H]2[C@H]1OCCN2C(=O)c1ccc(C)nc1. The summed E-state index contributed by atoms with van der Waals surface area (Å²) in [4.78, 5) is 19.0. The molecule has 1 aliphatic carbocycles. The summed E-state index contributed by atoms with van der Waals surface area (Å²) in [7, 11) is 0. The number of amides is 1. The number of aromatic nitrogens is 1. The molecule has 0 bridgehead atoms. The molecule has 2 fully saturated rings. The molecule has 1 amide bonds. The summed E-state index contributed by atoms with van der Waals surface area (Å²) in [5, 5.41) is 0. The summed E-state index contributed by atoms with van der Waals surface area (Å²) in [5.41, 5.74) is 1.57. The highest BCUT2D eigenvalue weighted by atomic mass is 16.5. The Bertz CT molecular complexity index is 558. The maximum absolute atomic E-state index is 12.8. The second-order valence-corrected chi connectivity index (χ2v) is 6.25. The third-order valence-electron chi connectivity index (χ3n) is 4.71. The van der Waals surface area contributed by atoms with E-state index >= 15 is 0 Å². The Balaban J connectivity index is 1.68. The van der Waals surface area contributed by atoms with Crippen molar-refractivity contribution in [1.82, 2.24) is 9.88 Å². The molecule has 5 heteroatoms. The van der Waals surface area contributed by atoms with Crippen LogP contribution in [0.1, 0.15) is 28.9 Å². The quantitative estimate of drug-likeness (QED) is 0.617. The number of ether oxygens (including phenoxy) is 2. The molecule has 2 aliphatic rings. The Morgan fingerprint density at radius 1 is 1.52 bits per heavy atom. The van der Waals surface area contributed by atoms with Crippen LogP contribution in [0.4, 0.5) is 0 Å². The van der Waals surface area contributed by atoms with Gasteiger partial charge >= 0.3 is 0 Å². The summed E-state index contributed by atoms with van der Waals surface area (Å²) in [6.45, 7) is 8.05. The normalized spacial score (nSPS) is 26.8. The molecule has 1 aromatic rings. The Hall–Kier alpha value is -1.72. The number of rotatable bonds is 5. The highest BCUT2D eigenvalue weighted by Gasteiger charge is 2.44. The van der Waals surface area contributed by atoms with Gasteiger partial charge in [-0.05, 0) is 31.9 Å². The standard InChI is InChI=1S/C18H24N2O3/c1-3-9-22-12-15-6-7-16-17(15)23-10-8-20(16)18(21)14-5-4-13(2)19-11-14/h3-5,11,15-17H,1,6-10,12H2,2H3/t15-,16-,17-/m0/s1.